The molecule has 1 aromatic rings. The SMILES string of the molecule is C[C@@H](NC(=O)[C@@H]1CSC(=O)N1)c1ccc(OCC2CC2)c(F)c1. The van der Waals surface area contributed by atoms with Gasteiger partial charge in [-0.1, -0.05) is 17.8 Å². The molecule has 1 saturated carbocycles. The van der Waals surface area contributed by atoms with E-state index < -0.39 is 11.9 Å². The van der Waals surface area contributed by atoms with Crippen molar-refractivity contribution in [2.45, 2.75) is 31.8 Å². The molecule has 0 spiro atoms. The molecule has 124 valence electrons. The summed E-state index contributed by atoms with van der Waals surface area (Å²) in [7, 11) is 0. The van der Waals surface area contributed by atoms with Crippen LogP contribution in [-0.2, 0) is 4.79 Å². The molecule has 2 aliphatic rings. The van der Waals surface area contributed by atoms with Crippen LogP contribution in [0.15, 0.2) is 18.2 Å². The van der Waals surface area contributed by atoms with E-state index in [4.69, 9.17) is 4.74 Å². The van der Waals surface area contributed by atoms with Gasteiger partial charge in [-0.15, -0.1) is 0 Å². The number of halogens is 1. The Morgan fingerprint density at radius 2 is 2.30 bits per heavy atom. The Morgan fingerprint density at radius 3 is 2.91 bits per heavy atom. The van der Waals surface area contributed by atoms with Gasteiger partial charge in [-0.05, 0) is 43.4 Å². The first-order chi connectivity index (χ1) is 11.0. The van der Waals surface area contributed by atoms with Crippen molar-refractivity contribution in [1.82, 2.24) is 10.6 Å². The van der Waals surface area contributed by atoms with Gasteiger partial charge in [0.2, 0.25) is 5.91 Å². The van der Waals surface area contributed by atoms with Crippen molar-refractivity contribution in [3.8, 4) is 5.75 Å². The average molecular weight is 338 g/mol. The molecule has 1 aliphatic heterocycles. The van der Waals surface area contributed by atoms with E-state index in [9.17, 15) is 14.0 Å². The smallest absolute Gasteiger partial charge is 0.279 e. The number of carbonyl (C=O) groups is 2. The largest absolute Gasteiger partial charge is 0.490 e. The lowest BCUT2D eigenvalue weighted by atomic mass is 10.1. The Hall–Kier alpha value is -1.76. The normalized spacial score (nSPS) is 21.7. The van der Waals surface area contributed by atoms with Gasteiger partial charge in [0, 0.05) is 5.75 Å². The van der Waals surface area contributed by atoms with Gasteiger partial charge < -0.3 is 15.4 Å². The number of ether oxygens (including phenoxy) is 1. The molecule has 0 aromatic heterocycles. The number of carbonyl (C=O) groups excluding carboxylic acids is 2. The maximum absolute atomic E-state index is 14.1. The molecule has 3 rings (SSSR count). The number of nitrogens with one attached hydrogen (secondary N) is 2. The monoisotopic (exact) mass is 338 g/mol. The topological polar surface area (TPSA) is 67.4 Å². The summed E-state index contributed by atoms with van der Waals surface area (Å²) in [6.07, 6.45) is 2.30. The molecule has 1 aliphatic carbocycles. The van der Waals surface area contributed by atoms with Gasteiger partial charge in [-0.2, -0.15) is 0 Å². The predicted octanol–water partition coefficient (Wildman–Crippen LogP) is 2.62. The quantitative estimate of drug-likeness (QED) is 0.837. The van der Waals surface area contributed by atoms with Crippen LogP contribution >= 0.6 is 11.8 Å². The van der Waals surface area contributed by atoms with E-state index >= 15 is 0 Å². The highest BCUT2D eigenvalue weighted by Crippen LogP contribution is 2.30. The Balaban J connectivity index is 1.57. The molecular formula is C16H19FN2O3S. The van der Waals surface area contributed by atoms with Crippen molar-refractivity contribution in [2.75, 3.05) is 12.4 Å². The van der Waals surface area contributed by atoms with Crippen LogP contribution in [0.2, 0.25) is 0 Å². The van der Waals surface area contributed by atoms with Gasteiger partial charge in [-0.3, -0.25) is 9.59 Å². The third kappa shape index (κ3) is 4.16. The number of benzene rings is 1. The van der Waals surface area contributed by atoms with E-state index in [0.29, 0.717) is 23.8 Å². The zero-order valence-electron chi connectivity index (χ0n) is 12.8. The van der Waals surface area contributed by atoms with Crippen LogP contribution in [-0.4, -0.2) is 29.5 Å². The minimum absolute atomic E-state index is 0.194. The minimum atomic E-state index is -0.527. The van der Waals surface area contributed by atoms with Crippen molar-refractivity contribution in [3.05, 3.63) is 29.6 Å². The van der Waals surface area contributed by atoms with E-state index in [1.807, 2.05) is 0 Å². The van der Waals surface area contributed by atoms with Crippen molar-refractivity contribution < 1.29 is 18.7 Å². The van der Waals surface area contributed by atoms with Crippen molar-refractivity contribution in [1.29, 1.82) is 0 Å². The molecule has 2 fully saturated rings. The van der Waals surface area contributed by atoms with E-state index in [1.54, 1.807) is 19.1 Å². The minimum Gasteiger partial charge on any atom is -0.490 e. The van der Waals surface area contributed by atoms with Gasteiger partial charge in [0.05, 0.1) is 12.6 Å². The van der Waals surface area contributed by atoms with Gasteiger partial charge in [0.1, 0.15) is 6.04 Å². The Bertz CT molecular complexity index is 621. The summed E-state index contributed by atoms with van der Waals surface area (Å²) in [6, 6.07) is 3.86. The maximum Gasteiger partial charge on any atom is 0.279 e. The molecule has 0 radical (unpaired) electrons. The molecule has 0 unspecified atom stereocenters. The third-order valence-corrected chi connectivity index (χ3v) is 4.86. The van der Waals surface area contributed by atoms with Gasteiger partial charge >= 0.3 is 0 Å². The number of hydrogen-bond acceptors (Lipinski definition) is 4. The Labute approximate surface area is 138 Å². The van der Waals surface area contributed by atoms with Gasteiger partial charge in [-0.25, -0.2) is 4.39 Å². The zero-order valence-corrected chi connectivity index (χ0v) is 13.6. The summed E-state index contributed by atoms with van der Waals surface area (Å²) in [5.74, 6) is 0.546. The molecule has 1 aromatic carbocycles. The lowest BCUT2D eigenvalue weighted by Crippen LogP contribution is -2.43. The van der Waals surface area contributed by atoms with Crippen LogP contribution in [0.3, 0.4) is 0 Å². The fourth-order valence-electron chi connectivity index (χ4n) is 2.32. The van der Waals surface area contributed by atoms with E-state index in [-0.39, 0.29) is 22.9 Å². The van der Waals surface area contributed by atoms with Crippen LogP contribution in [0.1, 0.15) is 31.4 Å². The molecule has 0 bridgehead atoms. The van der Waals surface area contributed by atoms with E-state index in [2.05, 4.69) is 10.6 Å². The summed E-state index contributed by atoms with van der Waals surface area (Å²) in [4.78, 5) is 23.2. The van der Waals surface area contributed by atoms with Gasteiger partial charge in [0.25, 0.3) is 5.24 Å². The highest BCUT2D eigenvalue weighted by molar-refractivity contribution is 8.14. The van der Waals surface area contributed by atoms with Crippen LogP contribution < -0.4 is 15.4 Å². The third-order valence-electron chi connectivity index (χ3n) is 3.98. The molecular weight excluding hydrogens is 319 g/mol. The average Bonchev–Trinajstić information content (AvgIpc) is 3.25. The maximum atomic E-state index is 14.1. The summed E-state index contributed by atoms with van der Waals surface area (Å²) >= 11 is 1.09. The lowest BCUT2D eigenvalue weighted by Gasteiger charge is -2.18. The molecule has 2 amide bonds. The molecule has 1 heterocycles. The van der Waals surface area contributed by atoms with E-state index in [0.717, 1.165) is 24.6 Å². The first kappa shape index (κ1) is 16.1. The molecule has 2 N–H and O–H groups in total. The first-order valence-electron chi connectivity index (χ1n) is 7.69. The summed E-state index contributed by atoms with van der Waals surface area (Å²) < 4.78 is 19.5. The highest BCUT2D eigenvalue weighted by Gasteiger charge is 2.29. The van der Waals surface area contributed by atoms with Crippen LogP contribution in [0.25, 0.3) is 0 Å². The van der Waals surface area contributed by atoms with Crippen molar-refractivity contribution in [3.63, 3.8) is 0 Å². The second kappa shape index (κ2) is 6.78. The Morgan fingerprint density at radius 1 is 1.52 bits per heavy atom. The fraction of sp³-hybridized carbons (Fsp3) is 0.500. The molecule has 1 saturated heterocycles. The summed E-state index contributed by atoms with van der Waals surface area (Å²) in [6.45, 7) is 2.34. The van der Waals surface area contributed by atoms with E-state index in [1.165, 1.54) is 6.07 Å². The standard InChI is InChI=1S/C16H19FN2O3S/c1-9(18-15(20)13-8-23-16(21)19-13)11-4-5-14(12(17)6-11)22-7-10-2-3-10/h4-6,9-10,13H,2-3,7-8H2,1H3,(H,18,20)(H,19,21)/t9-,13+/m1/s1. The second-order valence-electron chi connectivity index (χ2n) is 5.97. The molecule has 5 nitrogen and oxygen atoms in total. The number of amides is 2. The van der Waals surface area contributed by atoms with Crippen LogP contribution in [0.5, 0.6) is 5.75 Å². The second-order valence-corrected chi connectivity index (χ2v) is 6.96. The van der Waals surface area contributed by atoms with Crippen molar-refractivity contribution in [2.24, 2.45) is 5.92 Å². The van der Waals surface area contributed by atoms with Gasteiger partial charge in [0.15, 0.2) is 11.6 Å². The summed E-state index contributed by atoms with van der Waals surface area (Å²) in [5, 5.41) is 5.18. The molecule has 23 heavy (non-hydrogen) atoms. The number of thioether (sulfide) groups is 1. The fourth-order valence-corrected chi connectivity index (χ4v) is 3.10. The predicted molar refractivity (Wildman–Crippen MR) is 86.0 cm³/mol. The zero-order chi connectivity index (χ0) is 16.4. The summed E-state index contributed by atoms with van der Waals surface area (Å²) in [5.41, 5.74) is 0.659. The first-order valence-corrected chi connectivity index (χ1v) is 8.67. The van der Waals surface area contributed by atoms with Crippen LogP contribution in [0, 0.1) is 11.7 Å². The van der Waals surface area contributed by atoms with Crippen LogP contribution in [0.4, 0.5) is 9.18 Å². The molecule has 2 atom stereocenters. The number of hydrogen-bond donors (Lipinski definition) is 2. The highest BCUT2D eigenvalue weighted by atomic mass is 32.2. The Kier molecular flexibility index (Phi) is 4.75. The molecule has 7 heteroatoms. The number of rotatable bonds is 6. The lowest BCUT2D eigenvalue weighted by molar-refractivity contribution is -0.122. The van der Waals surface area contributed by atoms with Crippen molar-refractivity contribution >= 4 is 22.9 Å².